The van der Waals surface area contributed by atoms with Gasteiger partial charge in [0.15, 0.2) is 0 Å². The van der Waals surface area contributed by atoms with Crippen molar-refractivity contribution in [1.82, 2.24) is 15.5 Å². The summed E-state index contributed by atoms with van der Waals surface area (Å²) >= 11 is 0. The van der Waals surface area contributed by atoms with Gasteiger partial charge in [0, 0.05) is 11.1 Å². The van der Waals surface area contributed by atoms with Crippen LogP contribution in [0.2, 0.25) is 0 Å². The number of aryl methyl sites for hydroxylation is 2. The Kier molecular flexibility index (Phi) is 4.42. The molecule has 3 rings (SSSR count). The van der Waals surface area contributed by atoms with Crippen molar-refractivity contribution in [2.75, 3.05) is 0 Å². The molecule has 1 atom stereocenters. The molecule has 1 heterocycles. The van der Waals surface area contributed by atoms with Gasteiger partial charge in [-0.3, -0.25) is 4.79 Å². The fourth-order valence-electron chi connectivity index (χ4n) is 2.48. The first-order valence-electron chi connectivity index (χ1n) is 7.82. The molecule has 0 unspecified atom stereocenters. The maximum Gasteiger partial charge on any atom is 0.252 e. The molecular formula is C19H19N3O2. The Hall–Kier alpha value is -2.95. The first kappa shape index (κ1) is 15.9. The number of rotatable bonds is 4. The first-order chi connectivity index (χ1) is 11.5. The fraction of sp³-hybridized carbons (Fsp3) is 0.211. The smallest absolute Gasteiger partial charge is 0.252 e. The average Bonchev–Trinajstić information content (AvgIpc) is 3.05. The molecule has 1 amide bonds. The molecule has 0 bridgehead atoms. The van der Waals surface area contributed by atoms with Crippen molar-refractivity contribution >= 4 is 5.91 Å². The Bertz CT molecular complexity index is 870. The second-order valence-corrected chi connectivity index (χ2v) is 5.84. The van der Waals surface area contributed by atoms with Gasteiger partial charge in [0.05, 0.1) is 0 Å². The number of nitrogens with one attached hydrogen (secondary N) is 1. The minimum absolute atomic E-state index is 0.157. The predicted molar refractivity (Wildman–Crippen MR) is 91.5 cm³/mol. The Balaban J connectivity index is 1.75. The minimum Gasteiger partial charge on any atom is -0.341 e. The number of aromatic nitrogens is 2. The SMILES string of the molecule is Cc1cccc(-c2noc([C@H](C)NC(=O)c3ccccc3C)n2)c1. The van der Waals surface area contributed by atoms with Gasteiger partial charge in [-0.15, -0.1) is 0 Å². The molecule has 24 heavy (non-hydrogen) atoms. The maximum atomic E-state index is 12.4. The van der Waals surface area contributed by atoms with Crippen LogP contribution in [0.5, 0.6) is 0 Å². The fourth-order valence-corrected chi connectivity index (χ4v) is 2.48. The van der Waals surface area contributed by atoms with Crippen LogP contribution in [0.15, 0.2) is 53.1 Å². The number of hydrogen-bond acceptors (Lipinski definition) is 4. The van der Waals surface area contributed by atoms with E-state index >= 15 is 0 Å². The van der Waals surface area contributed by atoms with Crippen molar-refractivity contribution in [2.24, 2.45) is 0 Å². The number of nitrogens with zero attached hydrogens (tertiary/aromatic N) is 2. The van der Waals surface area contributed by atoms with Gasteiger partial charge in [-0.2, -0.15) is 4.98 Å². The first-order valence-corrected chi connectivity index (χ1v) is 7.82. The summed E-state index contributed by atoms with van der Waals surface area (Å²) in [7, 11) is 0. The molecule has 0 aliphatic rings. The van der Waals surface area contributed by atoms with E-state index in [0.29, 0.717) is 17.3 Å². The van der Waals surface area contributed by atoms with Crippen molar-refractivity contribution in [3.05, 3.63) is 71.1 Å². The zero-order valence-electron chi connectivity index (χ0n) is 13.9. The summed E-state index contributed by atoms with van der Waals surface area (Å²) < 4.78 is 5.31. The van der Waals surface area contributed by atoms with E-state index in [1.807, 2.05) is 63.2 Å². The van der Waals surface area contributed by atoms with Crippen LogP contribution in [-0.2, 0) is 0 Å². The molecule has 0 aliphatic heterocycles. The summed E-state index contributed by atoms with van der Waals surface area (Å²) in [5.41, 5.74) is 3.58. The molecule has 1 aromatic heterocycles. The van der Waals surface area contributed by atoms with Crippen LogP contribution in [-0.4, -0.2) is 16.0 Å². The maximum absolute atomic E-state index is 12.4. The van der Waals surface area contributed by atoms with E-state index in [9.17, 15) is 4.79 Å². The molecule has 122 valence electrons. The summed E-state index contributed by atoms with van der Waals surface area (Å²) in [6.07, 6.45) is 0. The van der Waals surface area contributed by atoms with Gasteiger partial charge in [-0.25, -0.2) is 0 Å². The molecule has 1 N–H and O–H groups in total. The normalized spacial score (nSPS) is 12.0. The average molecular weight is 321 g/mol. The highest BCUT2D eigenvalue weighted by Crippen LogP contribution is 2.20. The van der Waals surface area contributed by atoms with Gasteiger partial charge in [-0.1, -0.05) is 47.1 Å². The minimum atomic E-state index is -0.372. The highest BCUT2D eigenvalue weighted by atomic mass is 16.5. The van der Waals surface area contributed by atoms with Gasteiger partial charge in [0.25, 0.3) is 5.91 Å². The highest BCUT2D eigenvalue weighted by Gasteiger charge is 2.18. The number of carbonyl (C=O) groups excluding carboxylic acids is 1. The largest absolute Gasteiger partial charge is 0.341 e. The zero-order chi connectivity index (χ0) is 17.1. The van der Waals surface area contributed by atoms with E-state index in [1.54, 1.807) is 6.07 Å². The van der Waals surface area contributed by atoms with Gasteiger partial charge in [0.2, 0.25) is 11.7 Å². The van der Waals surface area contributed by atoms with Crippen LogP contribution in [0.25, 0.3) is 11.4 Å². The van der Waals surface area contributed by atoms with Gasteiger partial charge in [-0.05, 0) is 38.5 Å². The monoisotopic (exact) mass is 321 g/mol. The quantitative estimate of drug-likeness (QED) is 0.792. The number of hydrogen-bond donors (Lipinski definition) is 1. The molecule has 0 aliphatic carbocycles. The van der Waals surface area contributed by atoms with Crippen LogP contribution in [0.3, 0.4) is 0 Å². The zero-order valence-corrected chi connectivity index (χ0v) is 13.9. The molecule has 0 spiro atoms. The van der Waals surface area contributed by atoms with E-state index in [4.69, 9.17) is 4.52 Å². The Morgan fingerprint density at radius 1 is 1.12 bits per heavy atom. The molecule has 0 saturated carbocycles. The third-order valence-corrected chi connectivity index (χ3v) is 3.83. The molecule has 0 fully saturated rings. The summed E-state index contributed by atoms with van der Waals surface area (Å²) in [5, 5.41) is 6.90. The summed E-state index contributed by atoms with van der Waals surface area (Å²) in [4.78, 5) is 16.8. The third-order valence-electron chi connectivity index (χ3n) is 3.83. The Morgan fingerprint density at radius 3 is 2.67 bits per heavy atom. The van der Waals surface area contributed by atoms with E-state index in [1.165, 1.54) is 0 Å². The summed E-state index contributed by atoms with van der Waals surface area (Å²) in [6.45, 7) is 5.74. The molecule has 5 heteroatoms. The van der Waals surface area contributed by atoms with E-state index in [-0.39, 0.29) is 11.9 Å². The lowest BCUT2D eigenvalue weighted by Crippen LogP contribution is -2.27. The van der Waals surface area contributed by atoms with Crippen molar-refractivity contribution in [2.45, 2.75) is 26.8 Å². The lowest BCUT2D eigenvalue weighted by molar-refractivity contribution is 0.0932. The highest BCUT2D eigenvalue weighted by molar-refractivity contribution is 5.95. The molecule has 0 radical (unpaired) electrons. The lowest BCUT2D eigenvalue weighted by atomic mass is 10.1. The topological polar surface area (TPSA) is 68.0 Å². The third kappa shape index (κ3) is 3.35. The van der Waals surface area contributed by atoms with Crippen molar-refractivity contribution in [3.63, 3.8) is 0 Å². The van der Waals surface area contributed by atoms with Gasteiger partial charge >= 0.3 is 0 Å². The van der Waals surface area contributed by atoms with Crippen molar-refractivity contribution in [1.29, 1.82) is 0 Å². The summed E-state index contributed by atoms with van der Waals surface area (Å²) in [6, 6.07) is 15.0. The van der Waals surface area contributed by atoms with Gasteiger partial charge in [0.1, 0.15) is 6.04 Å². The van der Waals surface area contributed by atoms with Crippen molar-refractivity contribution in [3.8, 4) is 11.4 Å². The number of carbonyl (C=O) groups is 1. The molecule has 5 nitrogen and oxygen atoms in total. The van der Waals surface area contributed by atoms with Crippen molar-refractivity contribution < 1.29 is 9.32 Å². The molecule has 2 aromatic carbocycles. The van der Waals surface area contributed by atoms with Gasteiger partial charge < -0.3 is 9.84 Å². The van der Waals surface area contributed by atoms with Crippen LogP contribution in [0.4, 0.5) is 0 Å². The number of amides is 1. The van der Waals surface area contributed by atoms with E-state index < -0.39 is 0 Å². The summed E-state index contributed by atoms with van der Waals surface area (Å²) in [5.74, 6) is 0.745. The van der Waals surface area contributed by atoms with Crippen LogP contribution >= 0.6 is 0 Å². The lowest BCUT2D eigenvalue weighted by Gasteiger charge is -2.11. The van der Waals surface area contributed by atoms with Crippen LogP contribution in [0.1, 0.15) is 40.3 Å². The van der Waals surface area contributed by atoms with Crippen LogP contribution in [0, 0.1) is 13.8 Å². The molecule has 0 saturated heterocycles. The Labute approximate surface area is 140 Å². The standard InChI is InChI=1S/C19H19N3O2/c1-12-7-6-9-15(11-12)17-21-19(24-22-17)14(3)20-18(23)16-10-5-4-8-13(16)2/h4-11,14H,1-3H3,(H,20,23)/t14-/m0/s1. The Morgan fingerprint density at radius 2 is 1.92 bits per heavy atom. The second kappa shape index (κ2) is 6.66. The molecule has 3 aromatic rings. The van der Waals surface area contributed by atoms with E-state index in [2.05, 4.69) is 15.5 Å². The number of benzene rings is 2. The molecular weight excluding hydrogens is 302 g/mol. The van der Waals surface area contributed by atoms with Crippen LogP contribution < -0.4 is 5.32 Å². The van der Waals surface area contributed by atoms with E-state index in [0.717, 1.165) is 16.7 Å². The second-order valence-electron chi connectivity index (χ2n) is 5.84. The predicted octanol–water partition coefficient (Wildman–Crippen LogP) is 3.84.